The van der Waals surface area contributed by atoms with Crippen molar-refractivity contribution in [2.45, 2.75) is 18.9 Å². The van der Waals surface area contributed by atoms with E-state index in [-0.39, 0.29) is 42.8 Å². The number of halogens is 3. The average molecular weight is 452 g/mol. The molecule has 2 saturated heterocycles. The van der Waals surface area contributed by atoms with E-state index < -0.39 is 0 Å². The van der Waals surface area contributed by atoms with Gasteiger partial charge in [-0.15, -0.1) is 24.8 Å². The van der Waals surface area contributed by atoms with Crippen LogP contribution in [-0.2, 0) is 9.47 Å². The normalized spacial score (nSPS) is 20.6. The predicted molar refractivity (Wildman–Crippen MR) is 117 cm³/mol. The summed E-state index contributed by atoms with van der Waals surface area (Å²) in [6.07, 6.45) is 1.86. The number of amides is 1. The molecule has 0 N–H and O–H groups in total. The van der Waals surface area contributed by atoms with Gasteiger partial charge in [-0.05, 0) is 56.1 Å². The Hall–Kier alpha value is -1.28. The smallest absolute Gasteiger partial charge is 0.409 e. The number of piperidine rings is 1. The molecular weight excluding hydrogens is 420 g/mol. The first-order valence-corrected chi connectivity index (χ1v) is 9.68. The van der Waals surface area contributed by atoms with E-state index in [0.717, 1.165) is 57.9 Å². The number of hydrogen-bond acceptors (Lipinski definition) is 5. The zero-order valence-electron chi connectivity index (χ0n) is 17.1. The van der Waals surface area contributed by atoms with Crippen molar-refractivity contribution in [1.29, 1.82) is 0 Å². The molecule has 1 unspecified atom stereocenters. The Morgan fingerprint density at radius 1 is 1.07 bits per heavy atom. The number of ether oxygens (including phenoxy) is 2. The standard InChI is InChI=1S/C20H30FN3O3.2ClH/c1-26-14-13-22-9-7-16(8-10-22)19-15-23(11-12-24(19)20(25)27-2)18-5-3-17(21)4-6-18;;/h3-6,16,19H,7-15H2,1-2H3;2*1H. The largest absolute Gasteiger partial charge is 0.453 e. The third kappa shape index (κ3) is 6.60. The Balaban J connectivity index is 0.00000210. The number of methoxy groups -OCH3 is 2. The summed E-state index contributed by atoms with van der Waals surface area (Å²) < 4.78 is 23.5. The molecule has 2 aliphatic rings. The Morgan fingerprint density at radius 3 is 2.31 bits per heavy atom. The van der Waals surface area contributed by atoms with E-state index in [0.29, 0.717) is 12.5 Å². The lowest BCUT2D eigenvalue weighted by Gasteiger charge is -2.46. The number of hydrogen-bond donors (Lipinski definition) is 0. The molecule has 2 heterocycles. The monoisotopic (exact) mass is 451 g/mol. The second kappa shape index (κ2) is 12.4. The highest BCUT2D eigenvalue weighted by Gasteiger charge is 2.37. The fourth-order valence-corrected chi connectivity index (χ4v) is 4.23. The van der Waals surface area contributed by atoms with Crippen LogP contribution in [0.25, 0.3) is 0 Å². The summed E-state index contributed by atoms with van der Waals surface area (Å²) in [6.45, 7) is 5.86. The fourth-order valence-electron chi connectivity index (χ4n) is 4.23. The van der Waals surface area contributed by atoms with Gasteiger partial charge in [0.05, 0.1) is 19.8 Å². The van der Waals surface area contributed by atoms with E-state index in [1.54, 1.807) is 7.11 Å². The second-order valence-electron chi connectivity index (χ2n) is 7.33. The van der Waals surface area contributed by atoms with Gasteiger partial charge in [-0.3, -0.25) is 0 Å². The van der Waals surface area contributed by atoms with Gasteiger partial charge < -0.3 is 24.2 Å². The number of likely N-dealkylation sites (tertiary alicyclic amines) is 1. The molecule has 29 heavy (non-hydrogen) atoms. The minimum atomic E-state index is -0.249. The van der Waals surface area contributed by atoms with E-state index in [1.165, 1.54) is 19.2 Å². The summed E-state index contributed by atoms with van der Waals surface area (Å²) in [5.74, 6) is 0.207. The van der Waals surface area contributed by atoms with E-state index in [4.69, 9.17) is 9.47 Å². The van der Waals surface area contributed by atoms with E-state index in [2.05, 4.69) is 9.80 Å². The fraction of sp³-hybridized carbons (Fsp3) is 0.650. The first kappa shape index (κ1) is 25.8. The Kier molecular flexibility index (Phi) is 11.0. The van der Waals surface area contributed by atoms with Gasteiger partial charge in [-0.25, -0.2) is 9.18 Å². The van der Waals surface area contributed by atoms with Gasteiger partial charge in [0.15, 0.2) is 0 Å². The molecule has 0 bridgehead atoms. The number of anilines is 1. The van der Waals surface area contributed by atoms with Gasteiger partial charge in [-0.2, -0.15) is 0 Å². The number of benzene rings is 1. The summed E-state index contributed by atoms with van der Waals surface area (Å²) >= 11 is 0. The van der Waals surface area contributed by atoms with Crippen LogP contribution in [0.5, 0.6) is 0 Å². The molecule has 0 radical (unpaired) electrons. The molecule has 2 fully saturated rings. The molecule has 3 rings (SSSR count). The summed E-state index contributed by atoms with van der Waals surface area (Å²) in [5.41, 5.74) is 1.00. The highest BCUT2D eigenvalue weighted by atomic mass is 35.5. The van der Waals surface area contributed by atoms with Crippen LogP contribution in [-0.4, -0.2) is 82.0 Å². The minimum Gasteiger partial charge on any atom is -0.453 e. The van der Waals surface area contributed by atoms with Crippen molar-refractivity contribution in [3.8, 4) is 0 Å². The lowest BCUT2D eigenvalue weighted by Crippen LogP contribution is -2.59. The molecule has 1 aromatic carbocycles. The van der Waals surface area contributed by atoms with Crippen LogP contribution < -0.4 is 4.90 Å². The van der Waals surface area contributed by atoms with Crippen LogP contribution >= 0.6 is 24.8 Å². The lowest BCUT2D eigenvalue weighted by molar-refractivity contribution is 0.0553. The van der Waals surface area contributed by atoms with Gasteiger partial charge >= 0.3 is 6.09 Å². The molecular formula is C20H32Cl2FN3O3. The van der Waals surface area contributed by atoms with Crippen molar-refractivity contribution >= 4 is 36.6 Å². The lowest BCUT2D eigenvalue weighted by atomic mass is 9.87. The number of carbonyl (C=O) groups excluding carboxylic acids is 1. The minimum absolute atomic E-state index is 0. The number of nitrogens with zero attached hydrogens (tertiary/aromatic N) is 3. The molecule has 166 valence electrons. The van der Waals surface area contributed by atoms with Crippen LogP contribution in [0.15, 0.2) is 24.3 Å². The van der Waals surface area contributed by atoms with Crippen LogP contribution in [0.1, 0.15) is 12.8 Å². The highest BCUT2D eigenvalue weighted by molar-refractivity contribution is 5.85. The number of rotatable bonds is 5. The van der Waals surface area contributed by atoms with Gasteiger partial charge in [0.1, 0.15) is 5.82 Å². The van der Waals surface area contributed by atoms with Gasteiger partial charge in [-0.1, -0.05) is 0 Å². The third-order valence-electron chi connectivity index (χ3n) is 5.81. The van der Waals surface area contributed by atoms with Crippen LogP contribution in [0.3, 0.4) is 0 Å². The highest BCUT2D eigenvalue weighted by Crippen LogP contribution is 2.29. The maximum Gasteiger partial charge on any atom is 0.409 e. The SMILES string of the molecule is COCCN1CCC(C2CN(c3ccc(F)cc3)CCN2C(=O)OC)CC1.Cl.Cl. The van der Waals surface area contributed by atoms with Crippen molar-refractivity contribution in [3.05, 3.63) is 30.1 Å². The molecule has 0 aromatic heterocycles. The maximum absolute atomic E-state index is 13.3. The first-order valence-electron chi connectivity index (χ1n) is 9.68. The molecule has 0 aliphatic carbocycles. The second-order valence-corrected chi connectivity index (χ2v) is 7.33. The van der Waals surface area contributed by atoms with Crippen molar-refractivity contribution < 1.29 is 18.7 Å². The summed E-state index contributed by atoms with van der Waals surface area (Å²) in [4.78, 5) is 18.9. The van der Waals surface area contributed by atoms with Crippen LogP contribution in [0.2, 0.25) is 0 Å². The van der Waals surface area contributed by atoms with Crippen molar-refractivity contribution in [1.82, 2.24) is 9.80 Å². The molecule has 9 heteroatoms. The Bertz CT molecular complexity index is 615. The Labute approximate surface area is 185 Å². The van der Waals surface area contributed by atoms with E-state index in [1.807, 2.05) is 17.0 Å². The molecule has 0 saturated carbocycles. The zero-order chi connectivity index (χ0) is 19.2. The first-order chi connectivity index (χ1) is 13.1. The zero-order valence-corrected chi connectivity index (χ0v) is 18.7. The molecule has 2 aliphatic heterocycles. The number of piperazine rings is 1. The van der Waals surface area contributed by atoms with Crippen molar-refractivity contribution in [3.63, 3.8) is 0 Å². The van der Waals surface area contributed by atoms with Crippen molar-refractivity contribution in [2.75, 3.05) is 65.0 Å². The van der Waals surface area contributed by atoms with Crippen molar-refractivity contribution in [2.24, 2.45) is 5.92 Å². The quantitative estimate of drug-likeness (QED) is 0.686. The molecule has 1 aromatic rings. The summed E-state index contributed by atoms with van der Waals surface area (Å²) in [5, 5.41) is 0. The predicted octanol–water partition coefficient (Wildman–Crippen LogP) is 3.28. The summed E-state index contributed by atoms with van der Waals surface area (Å²) in [7, 11) is 3.17. The third-order valence-corrected chi connectivity index (χ3v) is 5.81. The topological polar surface area (TPSA) is 45.2 Å². The number of carbonyl (C=O) groups is 1. The Morgan fingerprint density at radius 2 is 1.72 bits per heavy atom. The molecule has 1 atom stereocenters. The molecule has 0 spiro atoms. The summed E-state index contributed by atoms with van der Waals surface area (Å²) in [6, 6.07) is 6.72. The maximum atomic E-state index is 13.3. The van der Waals surface area contributed by atoms with Crippen LogP contribution in [0.4, 0.5) is 14.9 Å². The van der Waals surface area contributed by atoms with E-state index in [9.17, 15) is 9.18 Å². The molecule has 1 amide bonds. The van der Waals surface area contributed by atoms with Gasteiger partial charge in [0.25, 0.3) is 0 Å². The van der Waals surface area contributed by atoms with Gasteiger partial charge in [0.2, 0.25) is 0 Å². The van der Waals surface area contributed by atoms with Crippen LogP contribution in [0, 0.1) is 11.7 Å². The average Bonchev–Trinajstić information content (AvgIpc) is 2.72. The van der Waals surface area contributed by atoms with E-state index >= 15 is 0 Å². The molecule has 6 nitrogen and oxygen atoms in total. The van der Waals surface area contributed by atoms with Gasteiger partial charge in [0, 0.05) is 39.0 Å².